The maximum Gasteiger partial charge on any atom is 0.407 e. The summed E-state index contributed by atoms with van der Waals surface area (Å²) in [6.07, 6.45) is -8.19. The average Bonchev–Trinajstić information content (AvgIpc) is 3.78. The van der Waals surface area contributed by atoms with Gasteiger partial charge < -0.3 is 60.9 Å². The largest absolute Gasteiger partial charge is 0.461 e. The molecule has 0 bridgehead atoms. The number of nitrogens with zero attached hydrogens (tertiary/aromatic N) is 1. The van der Waals surface area contributed by atoms with E-state index in [4.69, 9.17) is 31.5 Å². The van der Waals surface area contributed by atoms with E-state index in [0.717, 1.165) is 16.5 Å². The Bertz CT molecular complexity index is 2200. The number of halogens is 1. The Kier molecular flexibility index (Phi) is 10.6. The minimum Gasteiger partial charge on any atom is -0.461 e. The molecule has 0 radical (unpaired) electrons. The highest BCUT2D eigenvalue weighted by Gasteiger charge is 2.45. The van der Waals surface area contributed by atoms with E-state index in [2.05, 4.69) is 15.6 Å². The molecule has 282 valence electrons. The Balaban J connectivity index is 1.07. The molecule has 5 aromatic rings. The van der Waals surface area contributed by atoms with E-state index in [9.17, 15) is 34.8 Å². The Morgan fingerprint density at radius 2 is 1.72 bits per heavy atom. The van der Waals surface area contributed by atoms with Gasteiger partial charge in [-0.3, -0.25) is 9.59 Å². The molecule has 2 aliphatic rings. The Morgan fingerprint density at radius 1 is 0.963 bits per heavy atom. The van der Waals surface area contributed by atoms with Crippen LogP contribution in [0, 0.1) is 0 Å². The first-order chi connectivity index (χ1) is 26.0. The lowest BCUT2D eigenvalue weighted by Gasteiger charge is -2.39. The number of aromatic nitrogens is 1. The van der Waals surface area contributed by atoms with Crippen molar-refractivity contribution in [3.63, 3.8) is 0 Å². The summed E-state index contributed by atoms with van der Waals surface area (Å²) < 4.78 is 16.9. The molecular formula is C38H38ClN5O10. The number of aliphatic hydroxyl groups excluding tert-OH is 4. The predicted octanol–water partition coefficient (Wildman–Crippen LogP) is 2.93. The number of anilines is 3. The second-order valence-corrected chi connectivity index (χ2v) is 13.4. The number of aromatic amines is 1. The SMILES string of the molecule is Nc1ccc(COC(=O)NCC(=O)Nc2ccc3[nH]c(C(=O)N4CC(CCl)c5c4cc(OC4OC(CO)C(O)C(O)C4O)c4ccccc54)cc3c2)cc1. The van der Waals surface area contributed by atoms with E-state index in [-0.39, 0.29) is 48.8 Å². The van der Waals surface area contributed by atoms with Crippen LogP contribution in [-0.4, -0.2) is 99.6 Å². The minimum atomic E-state index is -1.64. The molecule has 0 saturated carbocycles. The van der Waals surface area contributed by atoms with Crippen LogP contribution >= 0.6 is 11.6 Å². The van der Waals surface area contributed by atoms with Gasteiger partial charge in [-0.25, -0.2) is 4.79 Å². The summed E-state index contributed by atoms with van der Waals surface area (Å²) in [7, 11) is 0. The fourth-order valence-corrected chi connectivity index (χ4v) is 7.01. The van der Waals surface area contributed by atoms with Crippen LogP contribution in [0.1, 0.15) is 27.5 Å². The van der Waals surface area contributed by atoms with Crippen LogP contribution in [0.2, 0.25) is 0 Å². The highest BCUT2D eigenvalue weighted by atomic mass is 35.5. The average molecular weight is 760 g/mol. The van der Waals surface area contributed by atoms with E-state index in [1.807, 2.05) is 18.2 Å². The molecule has 0 spiro atoms. The summed E-state index contributed by atoms with van der Waals surface area (Å²) in [5.41, 5.74) is 9.70. The van der Waals surface area contributed by atoms with Crippen molar-refractivity contribution in [1.82, 2.24) is 10.3 Å². The van der Waals surface area contributed by atoms with Gasteiger partial charge in [-0.2, -0.15) is 0 Å². The fraction of sp³-hybridized carbons (Fsp3) is 0.289. The standard InChI is InChI=1S/C38H38ClN5O10/c39-14-21-16-44(28-13-29(24-3-1-2-4-25(24)32(21)28)53-37-35(49)34(48)33(47)30(17-45)54-37)36(50)27-12-20-11-23(9-10-26(20)43-27)42-31(46)15-41-38(51)52-18-19-5-7-22(40)8-6-19/h1-13,21,30,33-35,37,43,45,47-49H,14-18,40H2,(H,41,51)(H,42,46). The van der Waals surface area contributed by atoms with Crippen molar-refractivity contribution in [1.29, 1.82) is 0 Å². The summed E-state index contributed by atoms with van der Waals surface area (Å²) in [5.74, 6) is -0.616. The molecular weight excluding hydrogens is 722 g/mol. The number of aliphatic hydroxyl groups is 4. The number of nitrogens with one attached hydrogen (secondary N) is 3. The predicted molar refractivity (Wildman–Crippen MR) is 199 cm³/mol. The van der Waals surface area contributed by atoms with Gasteiger partial charge in [-0.05, 0) is 52.9 Å². The molecule has 4 aromatic carbocycles. The molecule has 9 N–H and O–H groups in total. The lowest BCUT2D eigenvalue weighted by molar-refractivity contribution is -0.277. The monoisotopic (exact) mass is 759 g/mol. The zero-order valence-corrected chi connectivity index (χ0v) is 29.4. The molecule has 1 saturated heterocycles. The van der Waals surface area contributed by atoms with Gasteiger partial charge in [0.2, 0.25) is 12.2 Å². The fourth-order valence-electron chi connectivity index (χ4n) is 6.76. The van der Waals surface area contributed by atoms with Gasteiger partial charge in [0.05, 0.1) is 12.3 Å². The molecule has 3 heterocycles. The number of carbonyl (C=O) groups is 3. The van der Waals surface area contributed by atoms with Gasteiger partial charge in [-0.15, -0.1) is 11.6 Å². The molecule has 3 amide bonds. The number of benzene rings is 4. The van der Waals surface area contributed by atoms with Gasteiger partial charge in [-0.1, -0.05) is 36.4 Å². The molecule has 54 heavy (non-hydrogen) atoms. The van der Waals surface area contributed by atoms with Crippen molar-refractivity contribution in [2.24, 2.45) is 0 Å². The normalized spacial score (nSPS) is 22.2. The molecule has 15 nitrogen and oxygen atoms in total. The Labute approximate surface area is 313 Å². The number of nitrogen functional groups attached to an aromatic ring is 1. The molecule has 6 atom stereocenters. The molecule has 6 unspecified atom stereocenters. The van der Waals surface area contributed by atoms with Crippen molar-refractivity contribution in [2.75, 3.05) is 41.5 Å². The summed E-state index contributed by atoms with van der Waals surface area (Å²) >= 11 is 6.46. The van der Waals surface area contributed by atoms with Crippen LogP contribution in [0.4, 0.5) is 21.9 Å². The Morgan fingerprint density at radius 3 is 2.46 bits per heavy atom. The summed E-state index contributed by atoms with van der Waals surface area (Å²) in [6.45, 7) is -0.671. The van der Waals surface area contributed by atoms with Gasteiger partial charge in [0.15, 0.2) is 0 Å². The first-order valence-electron chi connectivity index (χ1n) is 17.1. The lowest BCUT2D eigenvalue weighted by atomic mass is 9.95. The number of ether oxygens (including phenoxy) is 3. The third-order valence-electron chi connectivity index (χ3n) is 9.53. The molecule has 1 aromatic heterocycles. The number of hydrogen-bond donors (Lipinski definition) is 8. The quantitative estimate of drug-likeness (QED) is 0.0763. The molecule has 1 fully saturated rings. The van der Waals surface area contributed by atoms with E-state index in [1.165, 1.54) is 0 Å². The second-order valence-electron chi connectivity index (χ2n) is 13.1. The maximum absolute atomic E-state index is 14.2. The number of fused-ring (bicyclic) bond motifs is 4. The molecule has 0 aliphatic carbocycles. The van der Waals surface area contributed by atoms with Crippen LogP contribution in [0.5, 0.6) is 5.75 Å². The summed E-state index contributed by atoms with van der Waals surface area (Å²) in [4.78, 5) is 43.6. The number of nitrogens with two attached hydrogens (primary N) is 1. The van der Waals surface area contributed by atoms with Crippen molar-refractivity contribution in [3.8, 4) is 5.75 Å². The van der Waals surface area contributed by atoms with Crippen molar-refractivity contribution < 1.29 is 49.0 Å². The van der Waals surface area contributed by atoms with E-state index in [1.54, 1.807) is 65.6 Å². The zero-order valence-electron chi connectivity index (χ0n) is 28.6. The molecule has 2 aliphatic heterocycles. The number of amides is 3. The number of rotatable bonds is 10. The topological polar surface area (TPSA) is 229 Å². The maximum atomic E-state index is 14.2. The third-order valence-corrected chi connectivity index (χ3v) is 9.90. The zero-order chi connectivity index (χ0) is 38.1. The highest BCUT2D eigenvalue weighted by Crippen LogP contribution is 2.46. The molecule has 16 heteroatoms. The first kappa shape index (κ1) is 36.9. The lowest BCUT2D eigenvalue weighted by Crippen LogP contribution is -2.60. The van der Waals surface area contributed by atoms with Gasteiger partial charge in [0.1, 0.15) is 49.0 Å². The van der Waals surface area contributed by atoms with E-state index < -0.39 is 49.3 Å². The van der Waals surface area contributed by atoms with Crippen LogP contribution in [0.15, 0.2) is 78.9 Å². The van der Waals surface area contributed by atoms with Gasteiger partial charge in [0.25, 0.3) is 5.91 Å². The van der Waals surface area contributed by atoms with Crippen molar-refractivity contribution in [3.05, 3.63) is 95.7 Å². The van der Waals surface area contributed by atoms with E-state index in [0.29, 0.717) is 33.4 Å². The van der Waals surface area contributed by atoms with Gasteiger partial charge >= 0.3 is 6.09 Å². The first-order valence-corrected chi connectivity index (χ1v) is 17.7. The highest BCUT2D eigenvalue weighted by molar-refractivity contribution is 6.19. The molecule has 7 rings (SSSR count). The van der Waals surface area contributed by atoms with Crippen LogP contribution in [0.3, 0.4) is 0 Å². The Hall–Kier alpha value is -5.42. The number of carbonyl (C=O) groups excluding carboxylic acids is 3. The number of H-pyrrole nitrogens is 1. The van der Waals surface area contributed by atoms with Crippen LogP contribution in [0.25, 0.3) is 21.7 Å². The number of hydrogen-bond acceptors (Lipinski definition) is 11. The summed E-state index contributed by atoms with van der Waals surface area (Å²) in [5, 5.41) is 48.2. The van der Waals surface area contributed by atoms with Gasteiger partial charge in [0, 0.05) is 52.1 Å². The summed E-state index contributed by atoms with van der Waals surface area (Å²) in [6, 6.07) is 22.6. The van der Waals surface area contributed by atoms with E-state index >= 15 is 0 Å². The van der Waals surface area contributed by atoms with Crippen molar-refractivity contribution >= 4 is 68.2 Å². The number of alkyl halides is 1. The van der Waals surface area contributed by atoms with Crippen molar-refractivity contribution in [2.45, 2.75) is 43.2 Å². The van der Waals surface area contributed by atoms with Crippen LogP contribution < -0.4 is 26.0 Å². The van der Waals surface area contributed by atoms with Crippen LogP contribution in [-0.2, 0) is 20.9 Å². The second kappa shape index (κ2) is 15.5. The number of alkyl carbamates (subject to hydrolysis) is 1. The third kappa shape index (κ3) is 7.37. The smallest absolute Gasteiger partial charge is 0.407 e. The minimum absolute atomic E-state index is 0.0160.